The number of benzene rings is 2. The van der Waals surface area contributed by atoms with Crippen molar-refractivity contribution in [2.24, 2.45) is 0 Å². The Balaban J connectivity index is 1.90. The van der Waals surface area contributed by atoms with Crippen molar-refractivity contribution in [3.8, 4) is 0 Å². The third-order valence-corrected chi connectivity index (χ3v) is 4.50. The standard InChI is InChI=1S/C16H13Cl2NO3S/c17-11-6-5-10(13(18)7-11)8-23-9-15(20)19-14-4-2-1-3-12(14)16(21)22/h1-7H,8-9H2,(H,19,20)(H,21,22)/p-1. The largest absolute Gasteiger partial charge is 0.545 e. The fraction of sp³-hybridized carbons (Fsp3) is 0.125. The predicted molar refractivity (Wildman–Crippen MR) is 92.0 cm³/mol. The second-order valence-corrected chi connectivity index (χ2v) is 6.44. The fourth-order valence-corrected chi connectivity index (χ4v) is 3.23. The van der Waals surface area contributed by atoms with Crippen molar-refractivity contribution in [2.75, 3.05) is 11.1 Å². The molecule has 1 amide bonds. The van der Waals surface area contributed by atoms with Crippen LogP contribution in [0.15, 0.2) is 42.5 Å². The second-order valence-electron chi connectivity index (χ2n) is 4.61. The first-order chi connectivity index (χ1) is 11.0. The van der Waals surface area contributed by atoms with Gasteiger partial charge in [-0.3, -0.25) is 4.79 Å². The average molecular weight is 369 g/mol. The van der Waals surface area contributed by atoms with Gasteiger partial charge in [0, 0.05) is 27.0 Å². The number of hydrogen-bond donors (Lipinski definition) is 1. The molecule has 0 aliphatic rings. The average Bonchev–Trinajstić information content (AvgIpc) is 2.50. The minimum absolute atomic E-state index is 0.0494. The van der Waals surface area contributed by atoms with Crippen molar-refractivity contribution >= 4 is 52.5 Å². The number of thioether (sulfide) groups is 1. The third kappa shape index (κ3) is 5.16. The van der Waals surface area contributed by atoms with Crippen LogP contribution in [-0.2, 0) is 10.5 Å². The van der Waals surface area contributed by atoms with Crippen molar-refractivity contribution in [3.63, 3.8) is 0 Å². The van der Waals surface area contributed by atoms with Crippen LogP contribution in [0.5, 0.6) is 0 Å². The number of amides is 1. The predicted octanol–water partition coefficient (Wildman–Crippen LogP) is 3.23. The van der Waals surface area contributed by atoms with Gasteiger partial charge in [-0.25, -0.2) is 0 Å². The quantitative estimate of drug-likeness (QED) is 0.849. The summed E-state index contributed by atoms with van der Waals surface area (Å²) in [6.45, 7) is 0. The summed E-state index contributed by atoms with van der Waals surface area (Å²) in [6, 6.07) is 11.3. The number of carboxylic acid groups (broad SMARTS) is 1. The van der Waals surface area contributed by atoms with E-state index in [2.05, 4.69) is 5.32 Å². The number of nitrogens with one attached hydrogen (secondary N) is 1. The van der Waals surface area contributed by atoms with Crippen LogP contribution in [0.1, 0.15) is 15.9 Å². The van der Waals surface area contributed by atoms with Crippen LogP contribution in [0.25, 0.3) is 0 Å². The fourth-order valence-electron chi connectivity index (χ4n) is 1.85. The van der Waals surface area contributed by atoms with Gasteiger partial charge in [0.1, 0.15) is 0 Å². The zero-order valence-corrected chi connectivity index (χ0v) is 14.2. The van der Waals surface area contributed by atoms with Crippen LogP contribution in [0.2, 0.25) is 10.0 Å². The summed E-state index contributed by atoms with van der Waals surface area (Å²) >= 11 is 13.2. The Kier molecular flexibility index (Phi) is 6.33. The van der Waals surface area contributed by atoms with Crippen LogP contribution in [0, 0.1) is 0 Å². The summed E-state index contributed by atoms with van der Waals surface area (Å²) in [4.78, 5) is 22.9. The summed E-state index contributed by atoms with van der Waals surface area (Å²) in [7, 11) is 0. The molecule has 0 aromatic heterocycles. The van der Waals surface area contributed by atoms with Gasteiger partial charge < -0.3 is 15.2 Å². The molecule has 0 heterocycles. The van der Waals surface area contributed by atoms with Gasteiger partial charge in [-0.05, 0) is 23.8 Å². The van der Waals surface area contributed by atoms with Gasteiger partial charge in [0.15, 0.2) is 0 Å². The van der Waals surface area contributed by atoms with E-state index in [1.165, 1.54) is 23.9 Å². The number of carbonyl (C=O) groups excluding carboxylic acids is 2. The lowest BCUT2D eigenvalue weighted by molar-refractivity contribution is -0.254. The van der Waals surface area contributed by atoms with Gasteiger partial charge in [-0.15, -0.1) is 11.8 Å². The zero-order chi connectivity index (χ0) is 16.8. The minimum Gasteiger partial charge on any atom is -0.545 e. The Morgan fingerprint density at radius 1 is 1.13 bits per heavy atom. The number of rotatable bonds is 6. The second kappa shape index (κ2) is 8.24. The Morgan fingerprint density at radius 2 is 1.87 bits per heavy atom. The lowest BCUT2D eigenvalue weighted by Gasteiger charge is -2.11. The number of halogens is 2. The van der Waals surface area contributed by atoms with E-state index in [1.807, 2.05) is 0 Å². The van der Waals surface area contributed by atoms with Crippen LogP contribution < -0.4 is 10.4 Å². The van der Waals surface area contributed by atoms with E-state index in [-0.39, 0.29) is 22.9 Å². The molecule has 7 heteroatoms. The zero-order valence-electron chi connectivity index (χ0n) is 11.8. The maximum atomic E-state index is 11.9. The number of para-hydroxylation sites is 1. The number of carboxylic acids is 1. The number of anilines is 1. The first-order valence-electron chi connectivity index (χ1n) is 6.59. The highest BCUT2D eigenvalue weighted by Crippen LogP contribution is 2.24. The van der Waals surface area contributed by atoms with Crippen molar-refractivity contribution in [2.45, 2.75) is 5.75 Å². The molecule has 1 N–H and O–H groups in total. The van der Waals surface area contributed by atoms with Crippen LogP contribution in [0.4, 0.5) is 5.69 Å². The van der Waals surface area contributed by atoms with Crippen molar-refractivity contribution in [3.05, 3.63) is 63.6 Å². The lowest BCUT2D eigenvalue weighted by Crippen LogP contribution is -2.25. The molecular formula is C16H12Cl2NO3S-. The highest BCUT2D eigenvalue weighted by Gasteiger charge is 2.08. The van der Waals surface area contributed by atoms with E-state index in [4.69, 9.17) is 23.2 Å². The van der Waals surface area contributed by atoms with Gasteiger partial charge >= 0.3 is 0 Å². The monoisotopic (exact) mass is 368 g/mol. The molecule has 23 heavy (non-hydrogen) atoms. The summed E-state index contributed by atoms with van der Waals surface area (Å²) in [6.07, 6.45) is 0. The van der Waals surface area contributed by atoms with Gasteiger partial charge in [-0.1, -0.05) is 47.5 Å². The Morgan fingerprint density at radius 3 is 2.57 bits per heavy atom. The first-order valence-corrected chi connectivity index (χ1v) is 8.50. The molecule has 4 nitrogen and oxygen atoms in total. The van der Waals surface area contributed by atoms with E-state index in [9.17, 15) is 14.7 Å². The van der Waals surface area contributed by atoms with E-state index in [0.717, 1.165) is 5.56 Å². The van der Waals surface area contributed by atoms with Crippen molar-refractivity contribution < 1.29 is 14.7 Å². The number of aromatic carboxylic acids is 1. The highest BCUT2D eigenvalue weighted by molar-refractivity contribution is 7.99. The molecule has 0 spiro atoms. The molecule has 0 unspecified atom stereocenters. The van der Waals surface area contributed by atoms with Crippen molar-refractivity contribution in [1.82, 2.24) is 0 Å². The Hall–Kier alpha value is -1.69. The van der Waals surface area contributed by atoms with Crippen molar-refractivity contribution in [1.29, 1.82) is 0 Å². The molecule has 120 valence electrons. The smallest absolute Gasteiger partial charge is 0.234 e. The molecule has 2 aromatic rings. The topological polar surface area (TPSA) is 69.2 Å². The maximum Gasteiger partial charge on any atom is 0.234 e. The van der Waals surface area contributed by atoms with E-state index in [1.54, 1.807) is 30.3 Å². The Labute approximate surface area is 147 Å². The molecule has 0 fully saturated rings. The van der Waals surface area contributed by atoms with Gasteiger partial charge in [0.05, 0.1) is 11.7 Å². The van der Waals surface area contributed by atoms with E-state index >= 15 is 0 Å². The molecule has 0 atom stereocenters. The van der Waals surface area contributed by atoms with Gasteiger partial charge in [0.2, 0.25) is 5.91 Å². The maximum absolute atomic E-state index is 11.9. The Bertz CT molecular complexity index is 737. The molecule has 2 rings (SSSR count). The molecule has 0 bridgehead atoms. The first kappa shape index (κ1) is 17.7. The minimum atomic E-state index is -1.33. The molecule has 2 aromatic carbocycles. The number of hydrogen-bond acceptors (Lipinski definition) is 4. The molecule has 0 aliphatic heterocycles. The van der Waals surface area contributed by atoms with Crippen LogP contribution >= 0.6 is 35.0 Å². The summed E-state index contributed by atoms with van der Waals surface area (Å²) in [5.41, 5.74) is 1.05. The molecule has 0 saturated carbocycles. The summed E-state index contributed by atoms with van der Waals surface area (Å²) in [5, 5.41) is 14.6. The summed E-state index contributed by atoms with van der Waals surface area (Å²) < 4.78 is 0. The lowest BCUT2D eigenvalue weighted by atomic mass is 10.2. The number of carbonyl (C=O) groups is 2. The summed E-state index contributed by atoms with van der Waals surface area (Å²) in [5.74, 6) is -0.915. The molecule has 0 aliphatic carbocycles. The van der Waals surface area contributed by atoms with E-state index in [0.29, 0.717) is 15.8 Å². The normalized spacial score (nSPS) is 10.3. The highest BCUT2D eigenvalue weighted by atomic mass is 35.5. The van der Waals surface area contributed by atoms with Gasteiger partial charge in [-0.2, -0.15) is 0 Å². The van der Waals surface area contributed by atoms with Crippen LogP contribution in [0.3, 0.4) is 0 Å². The third-order valence-electron chi connectivity index (χ3n) is 2.93. The van der Waals surface area contributed by atoms with Gasteiger partial charge in [0.25, 0.3) is 0 Å². The SMILES string of the molecule is O=C(CSCc1ccc(Cl)cc1Cl)Nc1ccccc1C(=O)[O-]. The van der Waals surface area contributed by atoms with Crippen LogP contribution in [-0.4, -0.2) is 17.6 Å². The molecular weight excluding hydrogens is 357 g/mol. The molecule has 0 saturated heterocycles. The van der Waals surface area contributed by atoms with E-state index < -0.39 is 5.97 Å². The molecule has 0 radical (unpaired) electrons.